The van der Waals surface area contributed by atoms with Crippen LogP contribution in [0.25, 0.3) is 38.6 Å². The number of fused-ring (bicyclic) bond motifs is 3. The van der Waals surface area contributed by atoms with Crippen molar-refractivity contribution < 1.29 is 0 Å². The van der Waals surface area contributed by atoms with E-state index in [9.17, 15) is 15.8 Å². The summed E-state index contributed by atoms with van der Waals surface area (Å²) in [6.07, 6.45) is 0. The molecule has 0 aliphatic rings. The van der Waals surface area contributed by atoms with Gasteiger partial charge in [0.05, 0.1) is 33.8 Å². The highest BCUT2D eigenvalue weighted by molar-refractivity contribution is 7.20. The van der Waals surface area contributed by atoms with Crippen molar-refractivity contribution in [2.75, 3.05) is 0 Å². The van der Waals surface area contributed by atoms with Crippen LogP contribution in [0.3, 0.4) is 0 Å². The predicted molar refractivity (Wildman–Crippen MR) is 204 cm³/mol. The summed E-state index contributed by atoms with van der Waals surface area (Å²) in [7, 11) is -3.13. The van der Waals surface area contributed by atoms with Gasteiger partial charge in [-0.05, 0) is 74.3 Å². The zero-order valence-electron chi connectivity index (χ0n) is 27.0. The van der Waals surface area contributed by atoms with Gasteiger partial charge in [0, 0.05) is 16.5 Å². The van der Waals surface area contributed by atoms with E-state index < -0.39 is 8.07 Å². The third-order valence-electron chi connectivity index (χ3n) is 9.63. The summed E-state index contributed by atoms with van der Waals surface area (Å²) < 4.78 is 2.22. The predicted octanol–water partition coefficient (Wildman–Crippen LogP) is 7.44. The molecule has 232 valence electrons. The van der Waals surface area contributed by atoms with Crippen LogP contribution in [0.5, 0.6) is 0 Å². The standard InChI is InChI=1S/C45H28N4Si/c46-29-32-23-24-44-41(25-32)40-21-10-11-22-43(40)49(44)36-14-12-13-33(27-36)34-26-35(30-47)42(31-48)45(28-34)50(37-15-4-1-5-16-37,38-17-6-2-7-18-38)39-19-8-3-9-20-39/h1-28H. The molecule has 0 saturated heterocycles. The van der Waals surface area contributed by atoms with Gasteiger partial charge in [-0.15, -0.1) is 0 Å². The van der Waals surface area contributed by atoms with E-state index in [0.29, 0.717) is 16.7 Å². The highest BCUT2D eigenvalue weighted by atomic mass is 28.3. The monoisotopic (exact) mass is 652 g/mol. The number of benzene rings is 7. The molecule has 1 heterocycles. The normalized spacial score (nSPS) is 11.1. The van der Waals surface area contributed by atoms with E-state index >= 15 is 0 Å². The number of hydrogen-bond donors (Lipinski definition) is 0. The molecule has 0 aliphatic carbocycles. The molecule has 0 fully saturated rings. The number of nitriles is 3. The van der Waals surface area contributed by atoms with Crippen LogP contribution in [-0.4, -0.2) is 12.6 Å². The lowest BCUT2D eigenvalue weighted by molar-refractivity contribution is 1.18. The van der Waals surface area contributed by atoms with E-state index in [-0.39, 0.29) is 0 Å². The maximum absolute atomic E-state index is 10.8. The zero-order valence-corrected chi connectivity index (χ0v) is 28.0. The van der Waals surface area contributed by atoms with E-state index in [4.69, 9.17) is 0 Å². The average molecular weight is 653 g/mol. The smallest absolute Gasteiger partial charge is 0.181 e. The topological polar surface area (TPSA) is 76.3 Å². The molecule has 0 aliphatic heterocycles. The first-order valence-corrected chi connectivity index (χ1v) is 18.4. The summed E-state index contributed by atoms with van der Waals surface area (Å²) in [5.74, 6) is 0. The molecule has 50 heavy (non-hydrogen) atoms. The van der Waals surface area contributed by atoms with Crippen molar-refractivity contribution in [3.8, 4) is 35.0 Å². The van der Waals surface area contributed by atoms with Crippen LogP contribution in [0, 0.1) is 34.0 Å². The lowest BCUT2D eigenvalue weighted by atomic mass is 9.99. The quantitative estimate of drug-likeness (QED) is 0.138. The van der Waals surface area contributed by atoms with Crippen molar-refractivity contribution >= 4 is 50.6 Å². The highest BCUT2D eigenvalue weighted by Crippen LogP contribution is 2.34. The van der Waals surface area contributed by atoms with E-state index in [1.54, 1.807) is 0 Å². The number of hydrogen-bond acceptors (Lipinski definition) is 3. The Morgan fingerprint density at radius 2 is 1.04 bits per heavy atom. The fourth-order valence-corrected chi connectivity index (χ4v) is 12.4. The molecule has 8 aromatic rings. The SMILES string of the molecule is N#Cc1ccc2c(c1)c1ccccc1n2-c1cccc(-c2cc(C#N)c(C#N)c([Si](c3ccccc3)(c3ccccc3)c3ccccc3)c2)c1. The van der Waals surface area contributed by atoms with Crippen LogP contribution in [0.15, 0.2) is 170 Å². The first kappa shape index (κ1) is 30.4. The van der Waals surface area contributed by atoms with Crippen molar-refractivity contribution in [2.45, 2.75) is 0 Å². The van der Waals surface area contributed by atoms with Crippen molar-refractivity contribution in [1.82, 2.24) is 4.57 Å². The maximum atomic E-state index is 10.8. The van der Waals surface area contributed by atoms with Gasteiger partial charge in [0.15, 0.2) is 8.07 Å². The molecular formula is C45H28N4Si. The van der Waals surface area contributed by atoms with Gasteiger partial charge in [0.1, 0.15) is 12.1 Å². The first-order chi connectivity index (χ1) is 24.7. The Hall–Kier alpha value is -6.97. The van der Waals surface area contributed by atoms with Gasteiger partial charge in [-0.2, -0.15) is 15.8 Å². The second-order valence-corrected chi connectivity index (χ2v) is 16.0. The summed E-state index contributed by atoms with van der Waals surface area (Å²) >= 11 is 0. The molecule has 0 amide bonds. The van der Waals surface area contributed by atoms with Crippen LogP contribution in [0.2, 0.25) is 0 Å². The Morgan fingerprint density at radius 3 is 1.64 bits per heavy atom. The molecule has 0 spiro atoms. The summed E-state index contributed by atoms with van der Waals surface area (Å²) in [5.41, 5.74) is 6.18. The minimum atomic E-state index is -3.13. The molecule has 1 aromatic heterocycles. The van der Waals surface area contributed by atoms with Crippen molar-refractivity contribution in [3.05, 3.63) is 187 Å². The lowest BCUT2D eigenvalue weighted by Crippen LogP contribution is -2.75. The van der Waals surface area contributed by atoms with Crippen molar-refractivity contribution in [1.29, 1.82) is 15.8 Å². The van der Waals surface area contributed by atoms with Crippen LogP contribution in [-0.2, 0) is 0 Å². The first-order valence-electron chi connectivity index (χ1n) is 16.4. The fraction of sp³-hybridized carbons (Fsp3) is 0. The zero-order chi connectivity index (χ0) is 34.1. The number of aromatic nitrogens is 1. The molecule has 4 nitrogen and oxygen atoms in total. The molecule has 0 bridgehead atoms. The Balaban J connectivity index is 1.43. The Morgan fingerprint density at radius 1 is 0.440 bits per heavy atom. The molecule has 7 aromatic carbocycles. The van der Waals surface area contributed by atoms with E-state index in [1.165, 1.54) is 0 Å². The molecule has 0 unspecified atom stereocenters. The summed E-state index contributed by atoms with van der Waals surface area (Å²) in [6.45, 7) is 0. The molecule has 0 saturated carbocycles. The van der Waals surface area contributed by atoms with Gasteiger partial charge < -0.3 is 4.57 Å². The van der Waals surface area contributed by atoms with Crippen LogP contribution in [0.1, 0.15) is 16.7 Å². The lowest BCUT2D eigenvalue weighted by Gasteiger charge is -2.35. The summed E-state index contributed by atoms with van der Waals surface area (Å²) in [5, 5.41) is 37.4. The van der Waals surface area contributed by atoms with E-state index in [2.05, 4.69) is 132 Å². The average Bonchev–Trinajstić information content (AvgIpc) is 3.53. The van der Waals surface area contributed by atoms with Gasteiger partial charge in [-0.25, -0.2) is 0 Å². The molecule has 5 heteroatoms. The molecule has 0 N–H and O–H groups in total. The van der Waals surface area contributed by atoms with Gasteiger partial charge in [-0.1, -0.05) is 127 Å². The van der Waals surface area contributed by atoms with Gasteiger partial charge in [0.2, 0.25) is 0 Å². The van der Waals surface area contributed by atoms with Crippen molar-refractivity contribution in [2.24, 2.45) is 0 Å². The summed E-state index contributed by atoms with van der Waals surface area (Å²) in [6, 6.07) is 64.9. The third-order valence-corrected chi connectivity index (χ3v) is 14.4. The largest absolute Gasteiger partial charge is 0.309 e. The molecule has 8 rings (SSSR count). The second-order valence-electron chi connectivity index (χ2n) is 12.3. The van der Waals surface area contributed by atoms with Gasteiger partial charge in [-0.3, -0.25) is 0 Å². The number of nitrogens with zero attached hydrogens (tertiary/aromatic N) is 4. The molecule has 0 radical (unpaired) electrons. The summed E-state index contributed by atoms with van der Waals surface area (Å²) in [4.78, 5) is 0. The minimum Gasteiger partial charge on any atom is -0.309 e. The minimum absolute atomic E-state index is 0.353. The molecular weight excluding hydrogens is 625 g/mol. The van der Waals surface area contributed by atoms with E-state index in [0.717, 1.165) is 59.4 Å². The molecule has 0 atom stereocenters. The van der Waals surface area contributed by atoms with E-state index in [1.807, 2.05) is 60.7 Å². The van der Waals surface area contributed by atoms with Crippen molar-refractivity contribution in [3.63, 3.8) is 0 Å². The van der Waals surface area contributed by atoms with Gasteiger partial charge in [0.25, 0.3) is 0 Å². The number of para-hydroxylation sites is 1. The fourth-order valence-electron chi connectivity index (χ4n) is 7.49. The van der Waals surface area contributed by atoms with Crippen LogP contribution < -0.4 is 20.7 Å². The Kier molecular flexibility index (Phi) is 7.63. The Labute approximate surface area is 291 Å². The maximum Gasteiger partial charge on any atom is 0.181 e. The second kappa shape index (κ2) is 12.6. The third kappa shape index (κ3) is 4.80. The Bertz CT molecular complexity index is 2580. The number of rotatable bonds is 6. The van der Waals surface area contributed by atoms with Gasteiger partial charge >= 0.3 is 0 Å². The highest BCUT2D eigenvalue weighted by Gasteiger charge is 2.43. The van der Waals surface area contributed by atoms with Crippen LogP contribution in [0.4, 0.5) is 0 Å². The van der Waals surface area contributed by atoms with Crippen LogP contribution >= 0.6 is 0 Å².